The molecule has 0 aliphatic carbocycles. The zero-order chi connectivity index (χ0) is 10.6. The van der Waals surface area contributed by atoms with Crippen molar-refractivity contribution in [2.24, 2.45) is 0 Å². The lowest BCUT2D eigenvalue weighted by Gasteiger charge is -2.10. The van der Waals surface area contributed by atoms with Crippen LogP contribution in [0.4, 0.5) is 5.69 Å². The third-order valence-corrected chi connectivity index (χ3v) is 2.22. The fraction of sp³-hybridized carbons (Fsp3) is 0.231. The first kappa shape index (κ1) is 10.6. The van der Waals surface area contributed by atoms with Crippen molar-refractivity contribution in [2.45, 2.75) is 19.8 Å². The maximum atomic E-state index is 6.03. The maximum absolute atomic E-state index is 6.03. The second-order valence-corrected chi connectivity index (χ2v) is 3.48. The molecule has 1 nitrogen and oxygen atoms in total. The van der Waals surface area contributed by atoms with Gasteiger partial charge in [0, 0.05) is 5.69 Å². The molecule has 0 unspecified atom stereocenters. The van der Waals surface area contributed by atoms with Gasteiger partial charge in [-0.1, -0.05) is 29.8 Å². The average Bonchev–Trinajstić information content (AvgIpc) is 2.14. The van der Waals surface area contributed by atoms with Crippen LogP contribution in [0.25, 0.3) is 0 Å². The summed E-state index contributed by atoms with van der Waals surface area (Å²) in [4.78, 5) is 0. The standard InChI is InChI=1S/C13H17N/c1-4-6-11-8-10(3)9-12(7-5-2)13(11)14/h4-5,8-9H,1-2,6-7,14H2,3H3. The van der Waals surface area contributed by atoms with E-state index < -0.39 is 0 Å². The first-order chi connectivity index (χ1) is 6.69. The summed E-state index contributed by atoms with van der Waals surface area (Å²) in [5.41, 5.74) is 10.5. The van der Waals surface area contributed by atoms with Crippen molar-refractivity contribution in [1.82, 2.24) is 0 Å². The first-order valence-corrected chi connectivity index (χ1v) is 4.78. The molecule has 0 aliphatic heterocycles. The maximum Gasteiger partial charge on any atom is 0.0385 e. The Kier molecular flexibility index (Phi) is 3.52. The minimum absolute atomic E-state index is 0.831. The number of hydrogen-bond donors (Lipinski definition) is 1. The van der Waals surface area contributed by atoms with Gasteiger partial charge >= 0.3 is 0 Å². The van der Waals surface area contributed by atoms with E-state index in [1.165, 1.54) is 5.56 Å². The summed E-state index contributed by atoms with van der Waals surface area (Å²) in [5.74, 6) is 0. The Hall–Kier alpha value is -1.50. The summed E-state index contributed by atoms with van der Waals surface area (Å²) in [5, 5.41) is 0. The van der Waals surface area contributed by atoms with Gasteiger partial charge in [0.15, 0.2) is 0 Å². The van der Waals surface area contributed by atoms with Crippen LogP contribution < -0.4 is 5.73 Å². The van der Waals surface area contributed by atoms with Crippen LogP contribution in [0.5, 0.6) is 0 Å². The normalized spacial score (nSPS) is 9.79. The molecular formula is C13H17N. The van der Waals surface area contributed by atoms with Gasteiger partial charge in [-0.05, 0) is 30.9 Å². The summed E-state index contributed by atoms with van der Waals surface area (Å²) in [7, 11) is 0. The van der Waals surface area contributed by atoms with Crippen LogP contribution in [-0.2, 0) is 12.8 Å². The lowest BCUT2D eigenvalue weighted by Crippen LogP contribution is -2.00. The van der Waals surface area contributed by atoms with Gasteiger partial charge in [0.05, 0.1) is 0 Å². The summed E-state index contributed by atoms with van der Waals surface area (Å²) >= 11 is 0. The van der Waals surface area contributed by atoms with E-state index >= 15 is 0 Å². The summed E-state index contributed by atoms with van der Waals surface area (Å²) in [6, 6.07) is 4.23. The van der Waals surface area contributed by atoms with Crippen LogP contribution in [0.15, 0.2) is 37.4 Å². The second-order valence-electron chi connectivity index (χ2n) is 3.48. The fourth-order valence-electron chi connectivity index (χ4n) is 1.60. The van der Waals surface area contributed by atoms with E-state index in [4.69, 9.17) is 5.73 Å². The summed E-state index contributed by atoms with van der Waals surface area (Å²) in [6.07, 6.45) is 5.42. The van der Waals surface area contributed by atoms with Gasteiger partial charge in [0.2, 0.25) is 0 Å². The van der Waals surface area contributed by atoms with Crippen molar-refractivity contribution in [3.8, 4) is 0 Å². The number of allylic oxidation sites excluding steroid dienone is 2. The van der Waals surface area contributed by atoms with Gasteiger partial charge in [-0.15, -0.1) is 13.2 Å². The van der Waals surface area contributed by atoms with Gasteiger partial charge < -0.3 is 5.73 Å². The Morgan fingerprint density at radius 1 is 1.14 bits per heavy atom. The molecule has 0 heterocycles. The molecule has 0 fully saturated rings. The molecule has 1 heteroatoms. The van der Waals surface area contributed by atoms with E-state index in [-0.39, 0.29) is 0 Å². The summed E-state index contributed by atoms with van der Waals surface area (Å²) < 4.78 is 0. The minimum atomic E-state index is 0.831. The number of benzene rings is 1. The van der Waals surface area contributed by atoms with E-state index in [9.17, 15) is 0 Å². The number of rotatable bonds is 4. The quantitative estimate of drug-likeness (QED) is 0.569. The van der Waals surface area contributed by atoms with Gasteiger partial charge in [0.25, 0.3) is 0 Å². The van der Waals surface area contributed by atoms with Gasteiger partial charge in [-0.3, -0.25) is 0 Å². The van der Waals surface area contributed by atoms with Crippen LogP contribution in [0.1, 0.15) is 16.7 Å². The molecule has 1 aromatic carbocycles. The van der Waals surface area contributed by atoms with Crippen molar-refractivity contribution in [3.05, 3.63) is 54.1 Å². The zero-order valence-corrected chi connectivity index (χ0v) is 8.72. The van der Waals surface area contributed by atoms with Crippen molar-refractivity contribution in [1.29, 1.82) is 0 Å². The molecule has 0 aliphatic rings. The monoisotopic (exact) mass is 187 g/mol. The second kappa shape index (κ2) is 4.66. The predicted octanol–water partition coefficient (Wildman–Crippen LogP) is 3.03. The zero-order valence-electron chi connectivity index (χ0n) is 8.72. The lowest BCUT2D eigenvalue weighted by atomic mass is 9.99. The average molecular weight is 187 g/mol. The van der Waals surface area contributed by atoms with Gasteiger partial charge in [0.1, 0.15) is 0 Å². The highest BCUT2D eigenvalue weighted by Gasteiger charge is 2.03. The van der Waals surface area contributed by atoms with Crippen molar-refractivity contribution < 1.29 is 0 Å². The molecular weight excluding hydrogens is 170 g/mol. The van der Waals surface area contributed by atoms with E-state index in [0.717, 1.165) is 29.7 Å². The number of anilines is 1. The highest BCUT2D eigenvalue weighted by Crippen LogP contribution is 2.21. The number of nitrogens with two attached hydrogens (primary N) is 1. The lowest BCUT2D eigenvalue weighted by molar-refractivity contribution is 1.19. The third-order valence-electron chi connectivity index (χ3n) is 2.22. The smallest absolute Gasteiger partial charge is 0.0385 e. The van der Waals surface area contributed by atoms with Gasteiger partial charge in [-0.2, -0.15) is 0 Å². The molecule has 0 radical (unpaired) electrons. The Bertz CT molecular complexity index is 319. The van der Waals surface area contributed by atoms with Crippen LogP contribution in [0, 0.1) is 6.92 Å². The molecule has 1 rings (SSSR count). The Morgan fingerprint density at radius 3 is 1.93 bits per heavy atom. The largest absolute Gasteiger partial charge is 0.398 e. The minimum Gasteiger partial charge on any atom is -0.398 e. The Morgan fingerprint density at radius 2 is 1.57 bits per heavy atom. The van der Waals surface area contributed by atoms with Crippen LogP contribution in [0.2, 0.25) is 0 Å². The molecule has 14 heavy (non-hydrogen) atoms. The highest BCUT2D eigenvalue weighted by atomic mass is 14.6. The first-order valence-electron chi connectivity index (χ1n) is 4.78. The van der Waals surface area contributed by atoms with Crippen molar-refractivity contribution in [2.75, 3.05) is 5.73 Å². The van der Waals surface area contributed by atoms with E-state index in [1.807, 2.05) is 12.2 Å². The fourth-order valence-corrected chi connectivity index (χ4v) is 1.60. The predicted molar refractivity (Wildman–Crippen MR) is 63.4 cm³/mol. The molecule has 0 spiro atoms. The van der Waals surface area contributed by atoms with Crippen molar-refractivity contribution >= 4 is 5.69 Å². The van der Waals surface area contributed by atoms with E-state index in [2.05, 4.69) is 32.2 Å². The van der Waals surface area contributed by atoms with Crippen LogP contribution in [0.3, 0.4) is 0 Å². The molecule has 0 saturated carbocycles. The molecule has 0 amide bonds. The Balaban J connectivity index is 3.16. The molecule has 0 saturated heterocycles. The molecule has 74 valence electrons. The number of aryl methyl sites for hydroxylation is 1. The molecule has 0 aromatic heterocycles. The highest BCUT2D eigenvalue weighted by molar-refractivity contribution is 5.56. The van der Waals surface area contributed by atoms with Gasteiger partial charge in [-0.25, -0.2) is 0 Å². The van der Waals surface area contributed by atoms with E-state index in [0.29, 0.717) is 0 Å². The van der Waals surface area contributed by atoms with Crippen molar-refractivity contribution in [3.63, 3.8) is 0 Å². The molecule has 0 bridgehead atoms. The van der Waals surface area contributed by atoms with Crippen LogP contribution >= 0.6 is 0 Å². The molecule has 0 atom stereocenters. The SMILES string of the molecule is C=CCc1cc(C)cc(CC=C)c1N. The summed E-state index contributed by atoms with van der Waals surface area (Å²) in [6.45, 7) is 9.54. The molecule has 2 N–H and O–H groups in total. The molecule has 1 aromatic rings. The third kappa shape index (κ3) is 2.25. The Labute approximate surface area is 85.9 Å². The number of nitrogen functional groups attached to an aromatic ring is 1. The van der Waals surface area contributed by atoms with E-state index in [1.54, 1.807) is 0 Å². The topological polar surface area (TPSA) is 26.0 Å². The van der Waals surface area contributed by atoms with Crippen LogP contribution in [-0.4, -0.2) is 0 Å². The number of hydrogen-bond acceptors (Lipinski definition) is 1.